The minimum Gasteiger partial charge on any atom is -0.490 e. The van der Waals surface area contributed by atoms with Crippen molar-refractivity contribution in [2.75, 3.05) is 26.2 Å². The first-order valence-electron chi connectivity index (χ1n) is 9.38. The molecule has 2 rings (SSSR count). The number of rotatable bonds is 12. The average molecular weight is 512 g/mol. The van der Waals surface area contributed by atoms with Gasteiger partial charge in [-0.1, -0.05) is 25.1 Å². The second kappa shape index (κ2) is 15.7. The van der Waals surface area contributed by atoms with Crippen molar-refractivity contribution >= 4 is 40.7 Å². The lowest BCUT2D eigenvalue weighted by atomic mass is 10.2. The fourth-order valence-electron chi connectivity index (χ4n) is 2.64. The molecular formula is C21H30BrCl2FN2O2. The van der Waals surface area contributed by atoms with Crippen molar-refractivity contribution in [3.63, 3.8) is 0 Å². The highest BCUT2D eigenvalue weighted by Crippen LogP contribution is 2.37. The van der Waals surface area contributed by atoms with Crippen molar-refractivity contribution in [2.24, 2.45) is 0 Å². The molecule has 0 fully saturated rings. The zero-order chi connectivity index (χ0) is 19.5. The molecule has 4 nitrogen and oxygen atoms in total. The zero-order valence-corrected chi connectivity index (χ0v) is 20.0. The van der Waals surface area contributed by atoms with Crippen molar-refractivity contribution < 1.29 is 13.9 Å². The average Bonchev–Trinajstić information content (AvgIpc) is 2.65. The van der Waals surface area contributed by atoms with E-state index in [1.807, 2.05) is 19.1 Å². The lowest BCUT2D eigenvalue weighted by Crippen LogP contribution is -2.21. The Morgan fingerprint density at radius 3 is 2.41 bits per heavy atom. The van der Waals surface area contributed by atoms with Crippen molar-refractivity contribution in [1.29, 1.82) is 0 Å². The number of hydrogen-bond acceptors (Lipinski definition) is 4. The summed E-state index contributed by atoms with van der Waals surface area (Å²) in [6, 6.07) is 10.6. The highest BCUT2D eigenvalue weighted by Gasteiger charge is 2.13. The van der Waals surface area contributed by atoms with E-state index < -0.39 is 0 Å². The number of benzene rings is 2. The molecule has 2 aromatic rings. The summed E-state index contributed by atoms with van der Waals surface area (Å²) in [5, 5.41) is 6.75. The van der Waals surface area contributed by atoms with Crippen molar-refractivity contribution in [3.05, 3.63) is 57.8 Å². The fourth-order valence-corrected chi connectivity index (χ4v) is 3.24. The van der Waals surface area contributed by atoms with Crippen LogP contribution < -0.4 is 20.1 Å². The van der Waals surface area contributed by atoms with Gasteiger partial charge in [-0.3, -0.25) is 0 Å². The van der Waals surface area contributed by atoms with Crippen molar-refractivity contribution in [3.8, 4) is 11.5 Å². The van der Waals surface area contributed by atoms with Gasteiger partial charge in [-0.15, -0.1) is 24.8 Å². The van der Waals surface area contributed by atoms with Crippen LogP contribution >= 0.6 is 40.7 Å². The van der Waals surface area contributed by atoms with Crippen LogP contribution in [-0.4, -0.2) is 26.2 Å². The van der Waals surface area contributed by atoms with E-state index in [9.17, 15) is 4.39 Å². The van der Waals surface area contributed by atoms with Crippen LogP contribution in [0.2, 0.25) is 0 Å². The molecule has 0 amide bonds. The van der Waals surface area contributed by atoms with E-state index in [1.165, 1.54) is 6.07 Å². The van der Waals surface area contributed by atoms with Gasteiger partial charge in [0.25, 0.3) is 0 Å². The molecule has 0 spiro atoms. The standard InChI is InChI=1S/C21H28BrFN2O2.2ClH/c1-3-24-10-7-11-25-14-16-12-18(22)21(20(13-16)26-4-2)27-15-17-8-5-6-9-19(17)23;;/h5-6,8-9,12-13,24-25H,3-4,7,10-11,14-15H2,1-2H3;2*1H. The second-order valence-corrected chi connectivity index (χ2v) is 6.96. The molecule has 0 saturated carbocycles. The number of ether oxygens (including phenoxy) is 2. The maximum Gasteiger partial charge on any atom is 0.175 e. The van der Waals surface area contributed by atoms with Gasteiger partial charge in [0.05, 0.1) is 11.1 Å². The molecule has 0 aromatic heterocycles. The van der Waals surface area contributed by atoms with E-state index in [1.54, 1.807) is 18.2 Å². The quantitative estimate of drug-likeness (QED) is 0.369. The molecule has 29 heavy (non-hydrogen) atoms. The highest BCUT2D eigenvalue weighted by atomic mass is 79.9. The van der Waals surface area contributed by atoms with Crippen LogP contribution in [0.25, 0.3) is 0 Å². The van der Waals surface area contributed by atoms with E-state index in [0.717, 1.165) is 42.6 Å². The molecule has 0 saturated heterocycles. The molecule has 0 aliphatic heterocycles. The molecule has 164 valence electrons. The Balaban J connectivity index is 0.00000392. The zero-order valence-electron chi connectivity index (χ0n) is 16.8. The summed E-state index contributed by atoms with van der Waals surface area (Å²) in [7, 11) is 0. The summed E-state index contributed by atoms with van der Waals surface area (Å²) in [5.41, 5.74) is 1.62. The molecule has 2 N–H and O–H groups in total. The molecule has 0 unspecified atom stereocenters. The van der Waals surface area contributed by atoms with Gasteiger partial charge >= 0.3 is 0 Å². The van der Waals surface area contributed by atoms with Crippen LogP contribution in [0.15, 0.2) is 40.9 Å². The lowest BCUT2D eigenvalue weighted by Gasteiger charge is -2.16. The first-order valence-corrected chi connectivity index (χ1v) is 10.2. The van der Waals surface area contributed by atoms with Crippen molar-refractivity contribution in [1.82, 2.24) is 10.6 Å². The van der Waals surface area contributed by atoms with Gasteiger partial charge in [-0.25, -0.2) is 4.39 Å². The molecule has 0 aliphatic carbocycles. The third-order valence-electron chi connectivity index (χ3n) is 3.99. The topological polar surface area (TPSA) is 42.5 Å². The van der Waals surface area contributed by atoms with Gasteiger partial charge in [0.1, 0.15) is 12.4 Å². The molecule has 0 heterocycles. The van der Waals surface area contributed by atoms with Gasteiger partial charge in [0.2, 0.25) is 0 Å². The van der Waals surface area contributed by atoms with Crippen LogP contribution in [0.4, 0.5) is 4.39 Å². The van der Waals surface area contributed by atoms with Crippen LogP contribution in [0.3, 0.4) is 0 Å². The molecule has 8 heteroatoms. The van der Waals surface area contributed by atoms with Gasteiger partial charge < -0.3 is 20.1 Å². The summed E-state index contributed by atoms with van der Waals surface area (Å²) in [6.07, 6.45) is 1.08. The summed E-state index contributed by atoms with van der Waals surface area (Å²) >= 11 is 3.57. The van der Waals surface area contributed by atoms with E-state index in [2.05, 4.69) is 33.5 Å². The summed E-state index contributed by atoms with van der Waals surface area (Å²) < 4.78 is 26.2. The number of hydrogen-bond donors (Lipinski definition) is 2. The predicted molar refractivity (Wildman–Crippen MR) is 125 cm³/mol. The van der Waals surface area contributed by atoms with Crippen LogP contribution in [-0.2, 0) is 13.2 Å². The van der Waals surface area contributed by atoms with E-state index in [4.69, 9.17) is 9.47 Å². The Labute approximate surface area is 193 Å². The smallest absolute Gasteiger partial charge is 0.175 e. The monoisotopic (exact) mass is 510 g/mol. The molecule has 0 radical (unpaired) electrons. The SMILES string of the molecule is CCNCCCNCc1cc(Br)c(OCc2ccccc2F)c(OCC)c1.Cl.Cl. The lowest BCUT2D eigenvalue weighted by molar-refractivity contribution is 0.264. The first-order chi connectivity index (χ1) is 13.2. The van der Waals surface area contributed by atoms with E-state index >= 15 is 0 Å². The van der Waals surface area contributed by atoms with Crippen LogP contribution in [0.1, 0.15) is 31.4 Å². The second-order valence-electron chi connectivity index (χ2n) is 6.10. The minimum absolute atomic E-state index is 0. The maximum absolute atomic E-state index is 13.8. The summed E-state index contributed by atoms with van der Waals surface area (Å²) in [5.74, 6) is 0.980. The van der Waals surface area contributed by atoms with Crippen LogP contribution in [0.5, 0.6) is 11.5 Å². The molecule has 2 aromatic carbocycles. The van der Waals surface area contributed by atoms with Gasteiger partial charge in [0, 0.05) is 12.1 Å². The van der Waals surface area contributed by atoms with E-state index in [-0.39, 0.29) is 37.2 Å². The largest absolute Gasteiger partial charge is 0.490 e. The van der Waals surface area contributed by atoms with Crippen LogP contribution in [0, 0.1) is 5.82 Å². The Hall–Kier alpha value is -1.05. The van der Waals surface area contributed by atoms with Gasteiger partial charge in [0.15, 0.2) is 11.5 Å². The molecular weight excluding hydrogens is 482 g/mol. The Kier molecular flexibility index (Phi) is 15.2. The number of nitrogens with one attached hydrogen (secondary N) is 2. The summed E-state index contributed by atoms with van der Waals surface area (Å²) in [6.45, 7) is 8.42. The fraction of sp³-hybridized carbons (Fsp3) is 0.429. The van der Waals surface area contributed by atoms with Gasteiger partial charge in [-0.05, 0) is 72.7 Å². The molecule has 0 bridgehead atoms. The molecule has 0 atom stereocenters. The van der Waals surface area contributed by atoms with Crippen molar-refractivity contribution in [2.45, 2.75) is 33.4 Å². The Bertz CT molecular complexity index is 723. The predicted octanol–water partition coefficient (Wildman–Crippen LogP) is 5.50. The minimum atomic E-state index is -0.273. The molecule has 0 aliphatic rings. The summed E-state index contributed by atoms with van der Waals surface area (Å²) in [4.78, 5) is 0. The third-order valence-corrected chi connectivity index (χ3v) is 4.57. The third kappa shape index (κ3) is 9.53. The first kappa shape index (κ1) is 27.9. The normalized spacial score (nSPS) is 10.1. The van der Waals surface area contributed by atoms with E-state index in [0.29, 0.717) is 23.7 Å². The van der Waals surface area contributed by atoms with Gasteiger partial charge in [-0.2, -0.15) is 0 Å². The Morgan fingerprint density at radius 2 is 1.72 bits per heavy atom. The number of halogens is 4. The Morgan fingerprint density at radius 1 is 1.00 bits per heavy atom. The maximum atomic E-state index is 13.8. The highest BCUT2D eigenvalue weighted by molar-refractivity contribution is 9.10.